The van der Waals surface area contributed by atoms with E-state index in [1.54, 1.807) is 0 Å². The van der Waals surface area contributed by atoms with Crippen LogP contribution in [0.5, 0.6) is 0 Å². The van der Waals surface area contributed by atoms with Gasteiger partial charge in [0.15, 0.2) is 0 Å². The Morgan fingerprint density at radius 3 is 2.48 bits per heavy atom. The summed E-state index contributed by atoms with van der Waals surface area (Å²) in [4.78, 5) is 12.6. The first-order valence-corrected chi connectivity index (χ1v) is 8.02. The Balaban J connectivity index is 2.00. The molecule has 0 fully saturated rings. The first-order chi connectivity index (χ1) is 11.1. The molecule has 0 radical (unpaired) electrons. The van der Waals surface area contributed by atoms with Crippen molar-refractivity contribution in [2.24, 2.45) is 0 Å². The van der Waals surface area contributed by atoms with Crippen molar-refractivity contribution in [3.05, 3.63) is 65.2 Å². The molecule has 1 aliphatic heterocycles. The molecule has 1 heterocycles. The lowest BCUT2D eigenvalue weighted by molar-refractivity contribution is 0.0891. The van der Waals surface area contributed by atoms with Crippen LogP contribution >= 0.6 is 0 Å². The van der Waals surface area contributed by atoms with E-state index in [1.807, 2.05) is 31.2 Å². The SMILES string of the molecule is Cc1ccc(C2(CCCCO)NC(=O)c3ccccc3N2)cc1. The Morgan fingerprint density at radius 1 is 1.00 bits per heavy atom. The van der Waals surface area contributed by atoms with Gasteiger partial charge in [0, 0.05) is 12.3 Å². The van der Waals surface area contributed by atoms with Crippen molar-refractivity contribution in [3.8, 4) is 0 Å². The van der Waals surface area contributed by atoms with E-state index in [0.29, 0.717) is 12.0 Å². The third-order valence-corrected chi connectivity index (χ3v) is 4.35. The Morgan fingerprint density at radius 2 is 1.74 bits per heavy atom. The predicted molar refractivity (Wildman–Crippen MR) is 91.3 cm³/mol. The highest BCUT2D eigenvalue weighted by atomic mass is 16.2. The largest absolute Gasteiger partial charge is 0.396 e. The number of fused-ring (bicyclic) bond motifs is 1. The van der Waals surface area contributed by atoms with Crippen LogP contribution in [0.25, 0.3) is 0 Å². The minimum absolute atomic E-state index is 0.0658. The molecule has 0 aromatic heterocycles. The molecule has 2 aromatic rings. The zero-order valence-corrected chi connectivity index (χ0v) is 13.3. The van der Waals surface area contributed by atoms with Crippen LogP contribution < -0.4 is 10.6 Å². The molecular formula is C19H22N2O2. The maximum atomic E-state index is 12.6. The molecular weight excluding hydrogens is 288 g/mol. The summed E-state index contributed by atoms with van der Waals surface area (Å²) in [6.07, 6.45) is 2.25. The van der Waals surface area contributed by atoms with Gasteiger partial charge in [0.2, 0.25) is 0 Å². The van der Waals surface area contributed by atoms with Crippen molar-refractivity contribution in [2.75, 3.05) is 11.9 Å². The Hall–Kier alpha value is -2.33. The molecule has 1 amide bonds. The standard InChI is InChI=1S/C19H22N2O2/c1-14-8-10-15(11-9-14)19(12-4-5-13-22)20-17-7-3-2-6-16(17)18(23)21-19/h2-3,6-11,20,22H,4-5,12-13H2,1H3,(H,21,23). The molecule has 0 spiro atoms. The summed E-state index contributed by atoms with van der Waals surface area (Å²) in [6, 6.07) is 15.8. The van der Waals surface area contributed by atoms with Crippen LogP contribution in [0.15, 0.2) is 48.5 Å². The maximum absolute atomic E-state index is 12.6. The number of aliphatic hydroxyl groups excluding tert-OH is 1. The van der Waals surface area contributed by atoms with E-state index in [0.717, 1.165) is 24.1 Å². The molecule has 120 valence electrons. The quantitative estimate of drug-likeness (QED) is 0.743. The Labute approximate surface area is 136 Å². The lowest BCUT2D eigenvalue weighted by Gasteiger charge is -2.41. The number of benzene rings is 2. The Bertz CT molecular complexity index is 697. The van der Waals surface area contributed by atoms with E-state index < -0.39 is 5.66 Å². The lowest BCUT2D eigenvalue weighted by Crippen LogP contribution is -2.55. The zero-order valence-electron chi connectivity index (χ0n) is 13.3. The predicted octanol–water partition coefficient (Wildman–Crippen LogP) is 3.17. The molecule has 3 N–H and O–H groups in total. The molecule has 3 rings (SSSR count). The summed E-state index contributed by atoms with van der Waals surface area (Å²) in [5.74, 6) is -0.0658. The summed E-state index contributed by atoms with van der Waals surface area (Å²) < 4.78 is 0. The molecule has 0 saturated carbocycles. The lowest BCUT2D eigenvalue weighted by atomic mass is 9.89. The highest BCUT2D eigenvalue weighted by Gasteiger charge is 2.38. The molecule has 4 nitrogen and oxygen atoms in total. The average Bonchev–Trinajstić information content (AvgIpc) is 2.56. The first kappa shape index (κ1) is 15.6. The number of hydrogen-bond donors (Lipinski definition) is 3. The fourth-order valence-electron chi connectivity index (χ4n) is 3.07. The molecule has 0 saturated heterocycles. The van der Waals surface area contributed by atoms with Gasteiger partial charge in [-0.05, 0) is 43.9 Å². The molecule has 0 aliphatic carbocycles. The van der Waals surface area contributed by atoms with Gasteiger partial charge in [-0.1, -0.05) is 42.0 Å². The van der Waals surface area contributed by atoms with Crippen LogP contribution in [0, 0.1) is 6.92 Å². The van der Waals surface area contributed by atoms with Crippen molar-refractivity contribution >= 4 is 11.6 Å². The zero-order chi connectivity index (χ0) is 16.3. The van der Waals surface area contributed by atoms with Crippen molar-refractivity contribution in [1.29, 1.82) is 0 Å². The van der Waals surface area contributed by atoms with Gasteiger partial charge in [-0.25, -0.2) is 0 Å². The fourth-order valence-corrected chi connectivity index (χ4v) is 3.07. The number of carbonyl (C=O) groups is 1. The van der Waals surface area contributed by atoms with Gasteiger partial charge in [-0.15, -0.1) is 0 Å². The highest BCUT2D eigenvalue weighted by Crippen LogP contribution is 2.34. The summed E-state index contributed by atoms with van der Waals surface area (Å²) in [7, 11) is 0. The van der Waals surface area contributed by atoms with E-state index in [2.05, 4.69) is 34.9 Å². The summed E-state index contributed by atoms with van der Waals surface area (Å²) in [5.41, 5.74) is 3.10. The summed E-state index contributed by atoms with van der Waals surface area (Å²) in [6.45, 7) is 2.21. The number of para-hydroxylation sites is 1. The topological polar surface area (TPSA) is 61.4 Å². The molecule has 1 aliphatic rings. The average molecular weight is 310 g/mol. The third kappa shape index (κ3) is 3.08. The second kappa shape index (κ2) is 6.42. The van der Waals surface area contributed by atoms with E-state index in [9.17, 15) is 4.79 Å². The Kier molecular flexibility index (Phi) is 4.35. The normalized spacial score (nSPS) is 19.7. The van der Waals surface area contributed by atoms with E-state index in [4.69, 9.17) is 5.11 Å². The van der Waals surface area contributed by atoms with Gasteiger partial charge in [0.05, 0.1) is 5.56 Å². The van der Waals surface area contributed by atoms with Crippen molar-refractivity contribution in [3.63, 3.8) is 0 Å². The van der Waals surface area contributed by atoms with Crippen molar-refractivity contribution in [2.45, 2.75) is 31.8 Å². The van der Waals surface area contributed by atoms with Crippen molar-refractivity contribution < 1.29 is 9.90 Å². The molecule has 23 heavy (non-hydrogen) atoms. The number of aliphatic hydroxyl groups is 1. The van der Waals surface area contributed by atoms with Crippen molar-refractivity contribution in [1.82, 2.24) is 5.32 Å². The number of rotatable bonds is 5. The second-order valence-corrected chi connectivity index (χ2v) is 6.08. The molecule has 4 heteroatoms. The number of nitrogens with one attached hydrogen (secondary N) is 2. The van der Waals surface area contributed by atoms with E-state index >= 15 is 0 Å². The van der Waals surface area contributed by atoms with E-state index in [-0.39, 0.29) is 12.5 Å². The molecule has 1 unspecified atom stereocenters. The number of carbonyl (C=O) groups excluding carboxylic acids is 1. The van der Waals surface area contributed by atoms with Gasteiger partial charge < -0.3 is 15.7 Å². The van der Waals surface area contributed by atoms with E-state index in [1.165, 1.54) is 5.56 Å². The number of amides is 1. The molecule has 1 atom stereocenters. The monoisotopic (exact) mass is 310 g/mol. The second-order valence-electron chi connectivity index (χ2n) is 6.08. The number of anilines is 1. The third-order valence-electron chi connectivity index (χ3n) is 4.35. The fraction of sp³-hybridized carbons (Fsp3) is 0.316. The first-order valence-electron chi connectivity index (χ1n) is 8.02. The minimum Gasteiger partial charge on any atom is -0.396 e. The van der Waals surface area contributed by atoms with Crippen LogP contribution in [0.1, 0.15) is 40.7 Å². The number of unbranched alkanes of at least 4 members (excludes halogenated alkanes) is 1. The van der Waals surface area contributed by atoms with Gasteiger partial charge >= 0.3 is 0 Å². The minimum atomic E-state index is -0.631. The van der Waals surface area contributed by atoms with Gasteiger partial charge in [0.1, 0.15) is 5.66 Å². The summed E-state index contributed by atoms with van der Waals surface area (Å²) >= 11 is 0. The summed E-state index contributed by atoms with van der Waals surface area (Å²) in [5, 5.41) is 15.8. The van der Waals surface area contributed by atoms with Crippen LogP contribution in [0.4, 0.5) is 5.69 Å². The van der Waals surface area contributed by atoms with Crippen LogP contribution in [-0.4, -0.2) is 17.6 Å². The highest BCUT2D eigenvalue weighted by molar-refractivity contribution is 6.02. The maximum Gasteiger partial charge on any atom is 0.255 e. The van der Waals surface area contributed by atoms with Crippen LogP contribution in [-0.2, 0) is 5.66 Å². The van der Waals surface area contributed by atoms with Crippen LogP contribution in [0.2, 0.25) is 0 Å². The molecule has 2 aromatic carbocycles. The van der Waals surface area contributed by atoms with Gasteiger partial charge in [0.25, 0.3) is 5.91 Å². The number of aryl methyl sites for hydroxylation is 1. The van der Waals surface area contributed by atoms with Gasteiger partial charge in [-0.2, -0.15) is 0 Å². The number of hydrogen-bond acceptors (Lipinski definition) is 3. The molecule has 0 bridgehead atoms. The van der Waals surface area contributed by atoms with Crippen LogP contribution in [0.3, 0.4) is 0 Å². The van der Waals surface area contributed by atoms with Gasteiger partial charge in [-0.3, -0.25) is 4.79 Å². The smallest absolute Gasteiger partial charge is 0.255 e.